The highest BCUT2D eigenvalue weighted by atomic mass is 16.5. The second-order valence-electron chi connectivity index (χ2n) is 8.25. The first-order valence-electron chi connectivity index (χ1n) is 10.8. The van der Waals surface area contributed by atoms with E-state index in [0.717, 1.165) is 36.9 Å². The van der Waals surface area contributed by atoms with Gasteiger partial charge in [-0.15, -0.1) is 0 Å². The highest BCUT2D eigenvalue weighted by molar-refractivity contribution is 5.87. The van der Waals surface area contributed by atoms with E-state index in [1.807, 2.05) is 53.4 Å². The van der Waals surface area contributed by atoms with Crippen LogP contribution in [-0.4, -0.2) is 47.0 Å². The Morgan fingerprint density at radius 3 is 2.60 bits per heavy atom. The van der Waals surface area contributed by atoms with Gasteiger partial charge in [-0.2, -0.15) is 0 Å². The molecule has 2 fully saturated rings. The number of amides is 2. The van der Waals surface area contributed by atoms with E-state index < -0.39 is 5.60 Å². The predicted molar refractivity (Wildman–Crippen MR) is 113 cm³/mol. The van der Waals surface area contributed by atoms with Gasteiger partial charge in [-0.1, -0.05) is 49.2 Å². The van der Waals surface area contributed by atoms with Gasteiger partial charge in [0.1, 0.15) is 0 Å². The lowest BCUT2D eigenvalue weighted by atomic mass is 9.92. The molecular weight excluding hydrogens is 378 g/mol. The highest BCUT2D eigenvalue weighted by Crippen LogP contribution is 2.30. The van der Waals surface area contributed by atoms with Crippen LogP contribution in [0.1, 0.15) is 36.9 Å². The third-order valence-corrected chi connectivity index (χ3v) is 6.10. The number of ether oxygens (including phenoxy) is 1. The maximum absolute atomic E-state index is 13.4. The average molecular weight is 408 g/mol. The standard InChI is InChI=1S/C24H29N3O3/c28-22(20-10-4-5-11-20)27-14-15-30-24(18-27,16-21-12-6-7-13-25-21)23(29)26-17-19-8-2-1-3-9-19/h1-3,6-9,12-13,20H,4-5,10-11,14-18H2,(H,26,29)/t24-/m0/s1. The van der Waals surface area contributed by atoms with Crippen molar-refractivity contribution >= 4 is 11.8 Å². The van der Waals surface area contributed by atoms with Gasteiger partial charge in [0.15, 0.2) is 5.60 Å². The van der Waals surface area contributed by atoms with Crippen LogP contribution >= 0.6 is 0 Å². The summed E-state index contributed by atoms with van der Waals surface area (Å²) in [6, 6.07) is 15.4. The van der Waals surface area contributed by atoms with Crippen LogP contribution in [0.3, 0.4) is 0 Å². The zero-order chi connectivity index (χ0) is 20.8. The molecule has 1 aromatic carbocycles. The number of hydrogen-bond acceptors (Lipinski definition) is 4. The number of morpholine rings is 1. The number of hydrogen-bond donors (Lipinski definition) is 1. The van der Waals surface area contributed by atoms with Crippen LogP contribution in [0.4, 0.5) is 0 Å². The molecule has 4 rings (SSSR count). The van der Waals surface area contributed by atoms with Crippen LogP contribution in [0.2, 0.25) is 0 Å². The van der Waals surface area contributed by atoms with Crippen molar-refractivity contribution in [3.05, 3.63) is 66.0 Å². The fraction of sp³-hybridized carbons (Fsp3) is 0.458. The van der Waals surface area contributed by atoms with E-state index in [9.17, 15) is 9.59 Å². The Hall–Kier alpha value is -2.73. The molecule has 1 aromatic heterocycles. The van der Waals surface area contributed by atoms with Gasteiger partial charge < -0.3 is 15.0 Å². The summed E-state index contributed by atoms with van der Waals surface area (Å²) in [5, 5.41) is 3.03. The molecule has 6 heteroatoms. The van der Waals surface area contributed by atoms with E-state index in [4.69, 9.17) is 4.74 Å². The molecule has 158 valence electrons. The largest absolute Gasteiger partial charge is 0.361 e. The molecule has 1 N–H and O–H groups in total. The Morgan fingerprint density at radius 2 is 1.87 bits per heavy atom. The number of pyridine rings is 1. The van der Waals surface area contributed by atoms with Crippen LogP contribution in [0, 0.1) is 5.92 Å². The number of aromatic nitrogens is 1. The molecule has 1 saturated heterocycles. The van der Waals surface area contributed by atoms with Gasteiger partial charge in [0.05, 0.1) is 13.2 Å². The van der Waals surface area contributed by atoms with E-state index in [1.165, 1.54) is 0 Å². The fourth-order valence-electron chi connectivity index (χ4n) is 4.46. The number of carbonyl (C=O) groups is 2. The second-order valence-corrected chi connectivity index (χ2v) is 8.25. The zero-order valence-corrected chi connectivity index (χ0v) is 17.3. The molecule has 2 amide bonds. The number of nitrogens with one attached hydrogen (secondary N) is 1. The van der Waals surface area contributed by atoms with Crippen molar-refractivity contribution in [1.29, 1.82) is 0 Å². The summed E-state index contributed by atoms with van der Waals surface area (Å²) < 4.78 is 6.12. The van der Waals surface area contributed by atoms with Gasteiger partial charge in [-0.3, -0.25) is 14.6 Å². The van der Waals surface area contributed by atoms with Gasteiger partial charge in [-0.25, -0.2) is 0 Å². The lowest BCUT2D eigenvalue weighted by molar-refractivity contribution is -0.168. The summed E-state index contributed by atoms with van der Waals surface area (Å²) in [4.78, 5) is 32.7. The normalized spacial score (nSPS) is 22.1. The number of benzene rings is 1. The Kier molecular flexibility index (Phi) is 6.43. The van der Waals surface area contributed by atoms with Crippen molar-refractivity contribution < 1.29 is 14.3 Å². The highest BCUT2D eigenvalue weighted by Gasteiger charge is 2.46. The monoisotopic (exact) mass is 407 g/mol. The van der Waals surface area contributed by atoms with Crippen LogP contribution in [0.15, 0.2) is 54.7 Å². The molecule has 1 aliphatic heterocycles. The van der Waals surface area contributed by atoms with Crippen LogP contribution in [0.25, 0.3) is 0 Å². The Labute approximate surface area is 177 Å². The lowest BCUT2D eigenvalue weighted by Crippen LogP contribution is -2.62. The molecule has 0 radical (unpaired) electrons. The quantitative estimate of drug-likeness (QED) is 0.799. The first-order chi connectivity index (χ1) is 14.7. The molecule has 2 aromatic rings. The molecule has 2 aliphatic rings. The summed E-state index contributed by atoms with van der Waals surface area (Å²) >= 11 is 0. The fourth-order valence-corrected chi connectivity index (χ4v) is 4.46. The topological polar surface area (TPSA) is 71.5 Å². The van der Waals surface area contributed by atoms with E-state index in [0.29, 0.717) is 26.1 Å². The SMILES string of the molecule is O=C(C1CCCC1)N1CCO[C@](Cc2ccccn2)(C(=O)NCc2ccccc2)C1. The third-order valence-electron chi connectivity index (χ3n) is 6.10. The maximum Gasteiger partial charge on any atom is 0.254 e. The number of rotatable bonds is 6. The van der Waals surface area contributed by atoms with Crippen molar-refractivity contribution in [2.45, 2.75) is 44.2 Å². The Morgan fingerprint density at radius 1 is 1.10 bits per heavy atom. The smallest absolute Gasteiger partial charge is 0.254 e. The molecule has 1 saturated carbocycles. The number of carbonyl (C=O) groups excluding carboxylic acids is 2. The molecule has 0 bridgehead atoms. The minimum atomic E-state index is -1.13. The molecule has 2 heterocycles. The minimum absolute atomic E-state index is 0.0861. The molecular formula is C24H29N3O3. The van der Waals surface area contributed by atoms with Crippen LogP contribution in [-0.2, 0) is 27.3 Å². The first kappa shape index (κ1) is 20.5. The number of nitrogens with zero attached hydrogens (tertiary/aromatic N) is 2. The van der Waals surface area contributed by atoms with Crippen molar-refractivity contribution in [3.63, 3.8) is 0 Å². The summed E-state index contributed by atoms with van der Waals surface area (Å²) in [6.07, 6.45) is 6.17. The second kappa shape index (κ2) is 9.39. The third kappa shape index (κ3) is 4.70. The van der Waals surface area contributed by atoms with E-state index in [-0.39, 0.29) is 24.3 Å². The molecule has 1 atom stereocenters. The van der Waals surface area contributed by atoms with Gasteiger partial charge in [-0.05, 0) is 30.5 Å². The van der Waals surface area contributed by atoms with E-state index in [2.05, 4.69) is 10.3 Å². The maximum atomic E-state index is 13.4. The van der Waals surface area contributed by atoms with E-state index in [1.54, 1.807) is 6.20 Å². The van der Waals surface area contributed by atoms with Gasteiger partial charge in [0, 0.05) is 37.3 Å². The summed E-state index contributed by atoms with van der Waals surface area (Å²) in [5.74, 6) is 0.0565. The van der Waals surface area contributed by atoms with Crippen molar-refractivity contribution in [2.75, 3.05) is 19.7 Å². The summed E-state index contributed by atoms with van der Waals surface area (Å²) in [7, 11) is 0. The molecule has 1 aliphatic carbocycles. The van der Waals surface area contributed by atoms with Gasteiger partial charge in [0.25, 0.3) is 5.91 Å². The average Bonchev–Trinajstić information content (AvgIpc) is 3.33. The van der Waals surface area contributed by atoms with Crippen molar-refractivity contribution in [2.24, 2.45) is 5.92 Å². The molecule has 0 unspecified atom stereocenters. The van der Waals surface area contributed by atoms with Crippen LogP contribution in [0.5, 0.6) is 0 Å². The van der Waals surface area contributed by atoms with Crippen LogP contribution < -0.4 is 5.32 Å². The molecule has 6 nitrogen and oxygen atoms in total. The summed E-state index contributed by atoms with van der Waals surface area (Å²) in [5.41, 5.74) is 0.673. The summed E-state index contributed by atoms with van der Waals surface area (Å²) in [6.45, 7) is 1.57. The van der Waals surface area contributed by atoms with Gasteiger partial charge in [0.2, 0.25) is 5.91 Å². The molecule has 0 spiro atoms. The van der Waals surface area contributed by atoms with Crippen molar-refractivity contribution in [1.82, 2.24) is 15.2 Å². The first-order valence-corrected chi connectivity index (χ1v) is 10.8. The Bertz CT molecular complexity index is 853. The Balaban J connectivity index is 1.53. The zero-order valence-electron chi connectivity index (χ0n) is 17.3. The van der Waals surface area contributed by atoms with Crippen molar-refractivity contribution in [3.8, 4) is 0 Å². The lowest BCUT2D eigenvalue weighted by Gasteiger charge is -2.42. The van der Waals surface area contributed by atoms with Gasteiger partial charge >= 0.3 is 0 Å². The van der Waals surface area contributed by atoms with E-state index >= 15 is 0 Å². The predicted octanol–water partition coefficient (Wildman–Crippen LogP) is 2.73. The molecule has 30 heavy (non-hydrogen) atoms. The minimum Gasteiger partial charge on any atom is -0.361 e.